The maximum Gasteiger partial charge on any atom is 0.174 e. The topological polar surface area (TPSA) is 54.0 Å². The highest BCUT2D eigenvalue weighted by atomic mass is 35.5. The first-order valence-corrected chi connectivity index (χ1v) is 4.99. The van der Waals surface area contributed by atoms with Crippen LogP contribution in [-0.4, -0.2) is 14.6 Å². The van der Waals surface area contributed by atoms with Gasteiger partial charge in [0.25, 0.3) is 0 Å². The molecular weight excluding hydrogens is 212 g/mol. The normalized spacial score (nSPS) is 10.5. The molecule has 2 aromatic rings. The van der Waals surface area contributed by atoms with Gasteiger partial charge < -0.3 is 0 Å². The van der Waals surface area contributed by atoms with Crippen LogP contribution in [0.4, 0.5) is 0 Å². The summed E-state index contributed by atoms with van der Waals surface area (Å²) < 4.78 is 1.49. The molecule has 0 spiro atoms. The first kappa shape index (κ1) is 9.94. The Bertz CT molecular complexity index is 565. The summed E-state index contributed by atoms with van der Waals surface area (Å²) in [6.07, 6.45) is 2.27. The van der Waals surface area contributed by atoms with Gasteiger partial charge in [0.2, 0.25) is 0 Å². The largest absolute Gasteiger partial charge is 0.232 e. The number of fused-ring (bicyclic) bond motifs is 1. The highest BCUT2D eigenvalue weighted by molar-refractivity contribution is 6.30. The van der Waals surface area contributed by atoms with Crippen LogP contribution in [0.25, 0.3) is 5.65 Å². The lowest BCUT2D eigenvalue weighted by molar-refractivity contribution is 0.895. The molecule has 0 aromatic carbocycles. The zero-order valence-corrected chi connectivity index (χ0v) is 9.21. The van der Waals surface area contributed by atoms with Crippen LogP contribution in [-0.2, 0) is 6.42 Å². The number of aromatic nitrogens is 3. The average Bonchev–Trinajstić information content (AvgIpc) is 2.66. The van der Waals surface area contributed by atoms with Crippen LogP contribution in [0.15, 0.2) is 6.20 Å². The second kappa shape index (κ2) is 3.52. The molecule has 0 aliphatic carbocycles. The summed E-state index contributed by atoms with van der Waals surface area (Å²) in [5.74, 6) is 0. The summed E-state index contributed by atoms with van der Waals surface area (Å²) in [7, 11) is 0. The van der Waals surface area contributed by atoms with Crippen molar-refractivity contribution < 1.29 is 0 Å². The van der Waals surface area contributed by atoms with Crippen molar-refractivity contribution in [2.24, 2.45) is 0 Å². The number of aryl methyl sites for hydroxylation is 1. The Morgan fingerprint density at radius 2 is 2.33 bits per heavy atom. The summed E-state index contributed by atoms with van der Waals surface area (Å²) >= 11 is 6.13. The first-order chi connectivity index (χ1) is 7.19. The van der Waals surface area contributed by atoms with E-state index >= 15 is 0 Å². The lowest BCUT2D eigenvalue weighted by Gasteiger charge is -2.06. The van der Waals surface area contributed by atoms with Crippen LogP contribution in [0.1, 0.15) is 23.7 Å². The van der Waals surface area contributed by atoms with Gasteiger partial charge in [0, 0.05) is 11.3 Å². The van der Waals surface area contributed by atoms with E-state index < -0.39 is 0 Å². The molecule has 0 atom stereocenters. The van der Waals surface area contributed by atoms with Crippen molar-refractivity contribution in [3.63, 3.8) is 0 Å². The second-order valence-corrected chi connectivity index (χ2v) is 3.59. The van der Waals surface area contributed by atoms with Crippen molar-refractivity contribution in [1.29, 1.82) is 5.26 Å². The van der Waals surface area contributed by atoms with E-state index in [2.05, 4.69) is 10.1 Å². The molecule has 0 amide bonds. The summed E-state index contributed by atoms with van der Waals surface area (Å²) in [5, 5.41) is 13.4. The van der Waals surface area contributed by atoms with Crippen LogP contribution in [0.5, 0.6) is 0 Å². The van der Waals surface area contributed by atoms with Crippen LogP contribution in [0.2, 0.25) is 5.15 Å². The molecule has 0 saturated carbocycles. The Morgan fingerprint density at radius 3 is 2.93 bits per heavy atom. The third-order valence-electron chi connectivity index (χ3n) is 2.37. The minimum Gasteiger partial charge on any atom is -0.232 e. The molecule has 0 aliphatic rings. The lowest BCUT2D eigenvalue weighted by atomic mass is 10.2. The molecule has 0 fully saturated rings. The summed E-state index contributed by atoms with van der Waals surface area (Å²) in [4.78, 5) is 4.38. The maximum atomic E-state index is 8.86. The van der Waals surface area contributed by atoms with Crippen LogP contribution >= 0.6 is 11.6 Å². The summed E-state index contributed by atoms with van der Waals surface area (Å²) in [5.41, 5.74) is 2.81. The molecular formula is C10H9ClN4. The smallest absolute Gasteiger partial charge is 0.174 e. The van der Waals surface area contributed by atoms with Crippen molar-refractivity contribution in [2.75, 3.05) is 0 Å². The Balaban J connectivity index is 2.88. The van der Waals surface area contributed by atoms with Crippen molar-refractivity contribution >= 4 is 17.2 Å². The molecule has 15 heavy (non-hydrogen) atoms. The van der Waals surface area contributed by atoms with E-state index in [9.17, 15) is 0 Å². The molecule has 2 rings (SSSR count). The lowest BCUT2D eigenvalue weighted by Crippen LogP contribution is -2.01. The molecule has 4 nitrogen and oxygen atoms in total. The van der Waals surface area contributed by atoms with Gasteiger partial charge in [-0.2, -0.15) is 10.4 Å². The number of nitrogens with zero attached hydrogens (tertiary/aromatic N) is 4. The number of hydrogen-bond acceptors (Lipinski definition) is 3. The van der Waals surface area contributed by atoms with E-state index in [1.165, 1.54) is 10.7 Å². The third-order valence-corrected chi connectivity index (χ3v) is 2.81. The molecule has 5 heteroatoms. The Morgan fingerprint density at radius 1 is 1.60 bits per heavy atom. The highest BCUT2D eigenvalue weighted by Gasteiger charge is 2.12. The van der Waals surface area contributed by atoms with Crippen molar-refractivity contribution in [3.05, 3.63) is 28.2 Å². The van der Waals surface area contributed by atoms with E-state index in [0.29, 0.717) is 16.4 Å². The van der Waals surface area contributed by atoms with Crippen LogP contribution in [0, 0.1) is 18.3 Å². The fourth-order valence-corrected chi connectivity index (χ4v) is 1.74. The molecule has 2 aromatic heterocycles. The Kier molecular flexibility index (Phi) is 2.33. The number of hydrogen-bond donors (Lipinski definition) is 0. The predicted octanol–water partition coefficient (Wildman–Crippen LogP) is 2.13. The second-order valence-electron chi connectivity index (χ2n) is 3.23. The average molecular weight is 221 g/mol. The number of nitriles is 1. The molecule has 0 bridgehead atoms. The van der Waals surface area contributed by atoms with E-state index in [1.54, 1.807) is 0 Å². The minimum absolute atomic E-state index is 0.451. The quantitative estimate of drug-likeness (QED) is 0.692. The molecule has 0 saturated heterocycles. The summed E-state index contributed by atoms with van der Waals surface area (Å²) in [6, 6.07) is 2.04. The first-order valence-electron chi connectivity index (χ1n) is 4.61. The molecule has 76 valence electrons. The van der Waals surface area contributed by atoms with Gasteiger partial charge >= 0.3 is 0 Å². The SMILES string of the molecule is CCc1nc2c(C#N)cnn2c(Cl)c1C. The van der Waals surface area contributed by atoms with Gasteiger partial charge in [-0.25, -0.2) is 9.50 Å². The minimum atomic E-state index is 0.451. The Labute approximate surface area is 92.1 Å². The van der Waals surface area contributed by atoms with Gasteiger partial charge in [0.05, 0.1) is 6.20 Å². The zero-order chi connectivity index (χ0) is 11.0. The predicted molar refractivity (Wildman–Crippen MR) is 56.8 cm³/mol. The van der Waals surface area contributed by atoms with Crippen LogP contribution < -0.4 is 0 Å². The molecule has 0 unspecified atom stereocenters. The molecule has 0 radical (unpaired) electrons. The van der Waals surface area contributed by atoms with E-state index in [4.69, 9.17) is 16.9 Å². The highest BCUT2D eigenvalue weighted by Crippen LogP contribution is 2.21. The van der Waals surface area contributed by atoms with E-state index in [1.807, 2.05) is 19.9 Å². The molecule has 2 heterocycles. The monoisotopic (exact) mass is 220 g/mol. The van der Waals surface area contributed by atoms with Gasteiger partial charge in [-0.3, -0.25) is 0 Å². The van der Waals surface area contributed by atoms with Gasteiger partial charge in [0.1, 0.15) is 16.8 Å². The van der Waals surface area contributed by atoms with E-state index in [-0.39, 0.29) is 0 Å². The number of halogens is 1. The van der Waals surface area contributed by atoms with Crippen LogP contribution in [0.3, 0.4) is 0 Å². The Hall–Kier alpha value is -1.60. The van der Waals surface area contributed by atoms with Crippen molar-refractivity contribution in [1.82, 2.24) is 14.6 Å². The summed E-state index contributed by atoms with van der Waals surface area (Å²) in [6.45, 7) is 3.91. The zero-order valence-electron chi connectivity index (χ0n) is 8.45. The van der Waals surface area contributed by atoms with Gasteiger partial charge in [-0.1, -0.05) is 18.5 Å². The third kappa shape index (κ3) is 1.36. The van der Waals surface area contributed by atoms with Gasteiger partial charge in [-0.05, 0) is 13.3 Å². The van der Waals surface area contributed by atoms with Crippen molar-refractivity contribution in [3.8, 4) is 6.07 Å². The van der Waals surface area contributed by atoms with Gasteiger partial charge in [-0.15, -0.1) is 0 Å². The molecule has 0 aliphatic heterocycles. The fourth-order valence-electron chi connectivity index (χ4n) is 1.51. The van der Waals surface area contributed by atoms with Gasteiger partial charge in [0.15, 0.2) is 5.65 Å². The number of rotatable bonds is 1. The molecule has 0 N–H and O–H groups in total. The fraction of sp³-hybridized carbons (Fsp3) is 0.300. The van der Waals surface area contributed by atoms with E-state index in [0.717, 1.165) is 17.7 Å². The van der Waals surface area contributed by atoms with Crippen molar-refractivity contribution in [2.45, 2.75) is 20.3 Å². The standard InChI is InChI=1S/C10H9ClN4/c1-3-8-6(2)9(11)15-10(14-8)7(4-12)5-13-15/h5H,3H2,1-2H3. The maximum absolute atomic E-state index is 8.86.